The number of nitrogens with zero attached hydrogens (tertiary/aromatic N) is 5. The molecule has 2 aromatic carbocycles. The fourth-order valence-electron chi connectivity index (χ4n) is 3.53. The average Bonchev–Trinajstić information content (AvgIpc) is 3.27. The van der Waals surface area contributed by atoms with Crippen LogP contribution in [0.2, 0.25) is 0 Å². The summed E-state index contributed by atoms with van der Waals surface area (Å²) < 4.78 is 26.5. The van der Waals surface area contributed by atoms with Gasteiger partial charge in [-0.3, -0.25) is 9.36 Å². The van der Waals surface area contributed by atoms with Crippen LogP contribution < -0.4 is 9.64 Å². The Morgan fingerprint density at radius 1 is 1.18 bits per heavy atom. The molecular formula is C23H26FN5O3S. The minimum absolute atomic E-state index is 0.0514. The molecule has 0 radical (unpaired) electrons. The number of carbonyl (C=O) groups is 1. The van der Waals surface area contributed by atoms with Gasteiger partial charge >= 0.3 is 0 Å². The van der Waals surface area contributed by atoms with Crippen LogP contribution in [0.5, 0.6) is 5.75 Å². The number of aromatic nitrogens is 3. The van der Waals surface area contributed by atoms with E-state index in [4.69, 9.17) is 9.47 Å². The molecule has 0 aliphatic carbocycles. The van der Waals surface area contributed by atoms with Crippen molar-refractivity contribution in [1.29, 1.82) is 0 Å². The zero-order valence-corrected chi connectivity index (χ0v) is 19.4. The van der Waals surface area contributed by atoms with E-state index in [1.54, 1.807) is 35.8 Å². The summed E-state index contributed by atoms with van der Waals surface area (Å²) in [6.45, 7) is 2.98. The molecule has 0 saturated carbocycles. The van der Waals surface area contributed by atoms with E-state index in [9.17, 15) is 9.18 Å². The highest BCUT2D eigenvalue weighted by molar-refractivity contribution is 7.99. The molecule has 1 aromatic heterocycles. The Kier molecular flexibility index (Phi) is 7.46. The van der Waals surface area contributed by atoms with Gasteiger partial charge < -0.3 is 19.3 Å². The van der Waals surface area contributed by atoms with Crippen molar-refractivity contribution in [2.75, 3.05) is 51.1 Å². The number of ether oxygens (including phenoxy) is 2. The molecule has 1 aliphatic rings. The number of amides is 1. The Morgan fingerprint density at radius 2 is 1.97 bits per heavy atom. The van der Waals surface area contributed by atoms with Gasteiger partial charge in [0.05, 0.1) is 31.8 Å². The minimum atomic E-state index is -0.348. The molecule has 8 nitrogen and oxygen atoms in total. The van der Waals surface area contributed by atoms with Crippen molar-refractivity contribution in [3.05, 3.63) is 59.9 Å². The summed E-state index contributed by atoms with van der Waals surface area (Å²) in [4.78, 5) is 16.5. The first-order chi connectivity index (χ1) is 16.0. The lowest BCUT2D eigenvalue weighted by atomic mass is 10.2. The first-order valence-electron chi connectivity index (χ1n) is 10.6. The number of anilines is 1. The number of morpholine rings is 1. The molecule has 0 unspecified atom stereocenters. The van der Waals surface area contributed by atoms with E-state index < -0.39 is 0 Å². The summed E-state index contributed by atoms with van der Waals surface area (Å²) in [6.07, 6.45) is 0. The molecule has 0 spiro atoms. The molecule has 174 valence electrons. The van der Waals surface area contributed by atoms with Gasteiger partial charge in [-0.15, -0.1) is 10.2 Å². The second-order valence-electron chi connectivity index (χ2n) is 7.59. The maximum Gasteiger partial charge on any atom is 0.233 e. The summed E-state index contributed by atoms with van der Waals surface area (Å²) in [7, 11) is 3.38. The predicted molar refractivity (Wildman–Crippen MR) is 125 cm³/mol. The van der Waals surface area contributed by atoms with Crippen LogP contribution in [0.4, 0.5) is 10.3 Å². The molecule has 10 heteroatoms. The fourth-order valence-corrected chi connectivity index (χ4v) is 4.42. The number of halogens is 1. The van der Waals surface area contributed by atoms with Crippen LogP contribution in [-0.2, 0) is 16.1 Å². The Bertz CT molecular complexity index is 1100. The van der Waals surface area contributed by atoms with Crippen molar-refractivity contribution in [2.45, 2.75) is 11.7 Å². The zero-order chi connectivity index (χ0) is 23.2. The van der Waals surface area contributed by atoms with Crippen molar-refractivity contribution in [2.24, 2.45) is 0 Å². The topological polar surface area (TPSA) is 72.7 Å². The molecule has 1 aliphatic heterocycles. The van der Waals surface area contributed by atoms with Crippen molar-refractivity contribution < 1.29 is 18.7 Å². The Hall–Kier alpha value is -3.11. The summed E-state index contributed by atoms with van der Waals surface area (Å²) in [5.74, 6) is 1.14. The van der Waals surface area contributed by atoms with Crippen molar-refractivity contribution >= 4 is 23.6 Å². The van der Waals surface area contributed by atoms with Crippen LogP contribution in [0, 0.1) is 5.82 Å². The summed E-state index contributed by atoms with van der Waals surface area (Å²) >= 11 is 1.28. The zero-order valence-electron chi connectivity index (χ0n) is 18.6. The molecule has 4 rings (SSSR count). The van der Waals surface area contributed by atoms with Gasteiger partial charge in [0, 0.05) is 26.7 Å². The SMILES string of the molecule is COc1cccc(CN(C)C(=O)CSc2nnc(N3CCOCC3)n2-c2cccc(F)c2)c1. The van der Waals surface area contributed by atoms with Gasteiger partial charge in [-0.1, -0.05) is 30.0 Å². The van der Waals surface area contributed by atoms with Crippen LogP contribution in [-0.4, -0.2) is 71.8 Å². The monoisotopic (exact) mass is 471 g/mol. The highest BCUT2D eigenvalue weighted by atomic mass is 32.2. The molecule has 33 heavy (non-hydrogen) atoms. The summed E-state index contributed by atoms with van der Waals surface area (Å²) in [5.41, 5.74) is 1.59. The molecule has 3 aromatic rings. The van der Waals surface area contributed by atoms with Gasteiger partial charge in [0.1, 0.15) is 11.6 Å². The third kappa shape index (κ3) is 5.63. The highest BCUT2D eigenvalue weighted by Crippen LogP contribution is 2.28. The lowest BCUT2D eigenvalue weighted by molar-refractivity contribution is -0.127. The molecule has 0 bridgehead atoms. The second kappa shape index (κ2) is 10.7. The van der Waals surface area contributed by atoms with E-state index in [2.05, 4.69) is 15.1 Å². The Labute approximate surface area is 196 Å². The van der Waals surface area contributed by atoms with Gasteiger partial charge in [0.2, 0.25) is 11.9 Å². The maximum atomic E-state index is 14.0. The predicted octanol–water partition coefficient (Wildman–Crippen LogP) is 3.00. The van der Waals surface area contributed by atoms with E-state index in [1.807, 2.05) is 24.3 Å². The summed E-state index contributed by atoms with van der Waals surface area (Å²) in [6, 6.07) is 13.9. The molecule has 1 fully saturated rings. The first-order valence-corrected chi connectivity index (χ1v) is 11.6. The number of hydrogen-bond donors (Lipinski definition) is 0. The van der Waals surface area contributed by atoms with Crippen molar-refractivity contribution in [3.8, 4) is 11.4 Å². The average molecular weight is 472 g/mol. The number of benzene rings is 2. The smallest absolute Gasteiger partial charge is 0.233 e. The maximum absolute atomic E-state index is 14.0. The van der Waals surface area contributed by atoms with Crippen LogP contribution in [0.1, 0.15) is 5.56 Å². The Balaban J connectivity index is 1.50. The molecule has 2 heterocycles. The van der Waals surface area contributed by atoms with Crippen LogP contribution >= 0.6 is 11.8 Å². The van der Waals surface area contributed by atoms with Gasteiger partial charge in [0.25, 0.3) is 0 Å². The molecular weight excluding hydrogens is 445 g/mol. The normalized spacial score (nSPS) is 13.7. The van der Waals surface area contributed by atoms with Crippen LogP contribution in [0.25, 0.3) is 5.69 Å². The summed E-state index contributed by atoms with van der Waals surface area (Å²) in [5, 5.41) is 9.21. The number of hydrogen-bond acceptors (Lipinski definition) is 7. The van der Waals surface area contributed by atoms with Crippen LogP contribution in [0.3, 0.4) is 0 Å². The van der Waals surface area contributed by atoms with Gasteiger partial charge in [-0.25, -0.2) is 4.39 Å². The van der Waals surface area contributed by atoms with E-state index in [0.717, 1.165) is 11.3 Å². The van der Waals surface area contributed by atoms with Crippen molar-refractivity contribution in [3.63, 3.8) is 0 Å². The Morgan fingerprint density at radius 3 is 2.73 bits per heavy atom. The van der Waals surface area contributed by atoms with Gasteiger partial charge in [-0.2, -0.15) is 0 Å². The van der Waals surface area contributed by atoms with Crippen LogP contribution in [0.15, 0.2) is 53.7 Å². The van der Waals surface area contributed by atoms with E-state index in [1.165, 1.54) is 23.9 Å². The second-order valence-corrected chi connectivity index (χ2v) is 8.53. The number of rotatable bonds is 8. The molecule has 1 amide bonds. The van der Waals surface area contributed by atoms with Crippen molar-refractivity contribution in [1.82, 2.24) is 19.7 Å². The first kappa shape index (κ1) is 23.1. The number of methoxy groups -OCH3 is 1. The lowest BCUT2D eigenvalue weighted by Gasteiger charge is -2.28. The molecule has 1 saturated heterocycles. The standard InChI is InChI=1S/C23H26FN5O3S/c1-27(15-17-5-3-8-20(13-17)31-2)21(30)16-33-23-26-25-22(28-9-11-32-12-10-28)29(23)19-7-4-6-18(24)14-19/h3-8,13-14H,9-12,15-16H2,1-2H3. The number of carbonyl (C=O) groups excluding carboxylic acids is 1. The number of thioether (sulfide) groups is 1. The van der Waals surface area contributed by atoms with Gasteiger partial charge in [0.15, 0.2) is 5.16 Å². The third-order valence-electron chi connectivity index (χ3n) is 5.28. The highest BCUT2D eigenvalue weighted by Gasteiger charge is 2.23. The lowest BCUT2D eigenvalue weighted by Crippen LogP contribution is -2.37. The van der Waals surface area contributed by atoms with E-state index in [0.29, 0.717) is 49.6 Å². The fraction of sp³-hybridized carbons (Fsp3) is 0.348. The molecule has 0 atom stereocenters. The third-order valence-corrected chi connectivity index (χ3v) is 6.19. The quantitative estimate of drug-likeness (QED) is 0.468. The largest absolute Gasteiger partial charge is 0.497 e. The van der Waals surface area contributed by atoms with Gasteiger partial charge in [-0.05, 0) is 35.9 Å². The van der Waals surface area contributed by atoms with E-state index in [-0.39, 0.29) is 17.5 Å². The molecule has 0 N–H and O–H groups in total. The van der Waals surface area contributed by atoms with E-state index >= 15 is 0 Å². The minimum Gasteiger partial charge on any atom is -0.497 e.